The zero-order valence-electron chi connectivity index (χ0n) is 30.5. The van der Waals surface area contributed by atoms with E-state index in [4.69, 9.17) is 4.42 Å². The molecule has 0 aliphatic heterocycles. The van der Waals surface area contributed by atoms with E-state index in [2.05, 4.69) is 187 Å². The highest BCUT2D eigenvalue weighted by molar-refractivity contribution is 6.14. The predicted octanol–water partition coefficient (Wildman–Crippen LogP) is 14.7. The number of rotatable bonds is 4. The van der Waals surface area contributed by atoms with Crippen LogP contribution in [0.15, 0.2) is 174 Å². The van der Waals surface area contributed by atoms with Gasteiger partial charge in [-0.3, -0.25) is 0 Å². The summed E-state index contributed by atoms with van der Waals surface area (Å²) in [7, 11) is 0. The molecule has 0 unspecified atom stereocenters. The zero-order chi connectivity index (χ0) is 36.4. The summed E-state index contributed by atoms with van der Waals surface area (Å²) in [5.74, 6) is 0. The summed E-state index contributed by atoms with van der Waals surface area (Å²) < 4.78 is 9.02. The van der Waals surface area contributed by atoms with Crippen LogP contribution in [0.4, 0.5) is 17.1 Å². The lowest BCUT2D eigenvalue weighted by Crippen LogP contribution is -2.13. The molecule has 0 spiro atoms. The second-order valence-corrected chi connectivity index (χ2v) is 15.1. The largest absolute Gasteiger partial charge is 0.454 e. The molecule has 0 atom stereocenters. The number of hydrogen-bond acceptors (Lipinski definition) is 2. The lowest BCUT2D eigenvalue weighted by atomic mass is 9.78. The van der Waals surface area contributed by atoms with Crippen LogP contribution in [0, 0.1) is 13.8 Å². The molecular weight excluding hydrogens is 669 g/mol. The second kappa shape index (κ2) is 11.2. The van der Waals surface area contributed by atoms with E-state index in [1.165, 1.54) is 88.1 Å². The first-order valence-electron chi connectivity index (χ1n) is 19.0. The minimum absolute atomic E-state index is 0.894. The number of para-hydroxylation sites is 5. The SMILES string of the molecule is Cc1cccc(C)c1N(c1ccc2cc3c(cc2c1)-c1cc2ccc(-n4c5ccccc5c5ccccc54)cc2cc1-3)c1cccc2c1oc1ccccc12. The smallest absolute Gasteiger partial charge is 0.159 e. The molecule has 0 bridgehead atoms. The van der Waals surface area contributed by atoms with Crippen molar-refractivity contribution in [1.29, 1.82) is 0 Å². The fourth-order valence-corrected chi connectivity index (χ4v) is 9.33. The molecule has 0 radical (unpaired) electrons. The third kappa shape index (κ3) is 4.32. The highest BCUT2D eigenvalue weighted by Crippen LogP contribution is 2.52. The number of furan rings is 1. The van der Waals surface area contributed by atoms with Gasteiger partial charge < -0.3 is 13.9 Å². The molecule has 9 aromatic carbocycles. The van der Waals surface area contributed by atoms with E-state index in [0.717, 1.165) is 33.3 Å². The Morgan fingerprint density at radius 2 is 0.982 bits per heavy atom. The van der Waals surface area contributed by atoms with Gasteiger partial charge >= 0.3 is 0 Å². The molecule has 11 aromatic rings. The average molecular weight is 703 g/mol. The Balaban J connectivity index is 0.990. The van der Waals surface area contributed by atoms with Gasteiger partial charge in [-0.15, -0.1) is 0 Å². The van der Waals surface area contributed by atoms with Crippen molar-refractivity contribution in [2.75, 3.05) is 4.90 Å². The van der Waals surface area contributed by atoms with Crippen LogP contribution in [0.25, 0.3) is 93.2 Å². The normalized spacial score (nSPS) is 12.2. The first kappa shape index (κ1) is 30.4. The van der Waals surface area contributed by atoms with Crippen molar-refractivity contribution in [3.05, 3.63) is 181 Å². The van der Waals surface area contributed by atoms with E-state index in [1.807, 2.05) is 6.07 Å². The minimum atomic E-state index is 0.894. The summed E-state index contributed by atoms with van der Waals surface area (Å²) in [5.41, 5.74) is 16.5. The number of fused-ring (bicyclic) bond motifs is 12. The Hall–Kier alpha value is -7.10. The first-order chi connectivity index (χ1) is 27.1. The summed E-state index contributed by atoms with van der Waals surface area (Å²) in [4.78, 5) is 2.39. The quantitative estimate of drug-likeness (QED) is 0.182. The standard InChI is InChI=1S/C52H34N2O/c1-31-11-9-12-32(2)51(31)54(49-19-10-16-42-41-15-5-8-20-50(41)55-52(42)49)38-24-22-34-28-44-45-29-35-25-37(23-21-33(35)27-43(45)46(44)30-36(34)26-38)53-47-17-6-3-13-39(47)40-14-4-7-18-48(40)53/h3-30H,1-2H3. The maximum absolute atomic E-state index is 6.62. The van der Waals surface area contributed by atoms with Crippen LogP contribution in [0.1, 0.15) is 11.1 Å². The van der Waals surface area contributed by atoms with Crippen molar-refractivity contribution >= 4 is 82.4 Å². The Morgan fingerprint density at radius 1 is 0.436 bits per heavy atom. The Morgan fingerprint density at radius 3 is 1.67 bits per heavy atom. The maximum atomic E-state index is 6.62. The Kier molecular flexibility index (Phi) is 6.19. The maximum Gasteiger partial charge on any atom is 0.159 e. The van der Waals surface area contributed by atoms with Crippen molar-refractivity contribution in [2.45, 2.75) is 13.8 Å². The Labute approximate surface area is 317 Å². The molecule has 0 fully saturated rings. The molecule has 0 saturated carbocycles. The molecule has 3 heteroatoms. The van der Waals surface area contributed by atoms with Crippen molar-refractivity contribution in [3.8, 4) is 27.9 Å². The highest BCUT2D eigenvalue weighted by atomic mass is 16.3. The molecule has 12 rings (SSSR count). The average Bonchev–Trinajstić information content (AvgIpc) is 3.77. The van der Waals surface area contributed by atoms with Gasteiger partial charge in [0, 0.05) is 32.9 Å². The van der Waals surface area contributed by atoms with Crippen molar-refractivity contribution in [1.82, 2.24) is 4.57 Å². The molecule has 0 amide bonds. The third-order valence-electron chi connectivity index (χ3n) is 11.9. The van der Waals surface area contributed by atoms with E-state index in [1.54, 1.807) is 0 Å². The lowest BCUT2D eigenvalue weighted by molar-refractivity contribution is 0.669. The summed E-state index contributed by atoms with van der Waals surface area (Å²) in [5, 5.41) is 9.77. The van der Waals surface area contributed by atoms with Crippen molar-refractivity contribution in [2.24, 2.45) is 0 Å². The highest BCUT2D eigenvalue weighted by Gasteiger charge is 2.26. The monoisotopic (exact) mass is 702 g/mol. The van der Waals surface area contributed by atoms with E-state index >= 15 is 0 Å². The molecule has 1 aliphatic rings. The van der Waals surface area contributed by atoms with E-state index in [9.17, 15) is 0 Å². The number of benzene rings is 9. The molecule has 2 heterocycles. The van der Waals surface area contributed by atoms with Gasteiger partial charge in [0.1, 0.15) is 5.58 Å². The van der Waals surface area contributed by atoms with Gasteiger partial charge in [-0.2, -0.15) is 0 Å². The summed E-state index contributed by atoms with van der Waals surface area (Å²) in [6.07, 6.45) is 0. The van der Waals surface area contributed by atoms with Crippen LogP contribution in [0.3, 0.4) is 0 Å². The van der Waals surface area contributed by atoms with Gasteiger partial charge in [-0.1, -0.05) is 97.1 Å². The summed E-state index contributed by atoms with van der Waals surface area (Å²) in [6.45, 7) is 4.40. The van der Waals surface area contributed by atoms with E-state index < -0.39 is 0 Å². The lowest BCUT2D eigenvalue weighted by Gasteiger charge is -2.29. The van der Waals surface area contributed by atoms with Crippen LogP contribution >= 0.6 is 0 Å². The number of aromatic nitrogens is 1. The zero-order valence-corrected chi connectivity index (χ0v) is 30.5. The second-order valence-electron chi connectivity index (χ2n) is 15.1. The fraction of sp³-hybridized carbons (Fsp3) is 0.0385. The number of aryl methyl sites for hydroxylation is 2. The number of nitrogens with zero attached hydrogens (tertiary/aromatic N) is 2. The van der Waals surface area contributed by atoms with Gasteiger partial charge in [-0.25, -0.2) is 0 Å². The molecule has 2 aromatic heterocycles. The van der Waals surface area contributed by atoms with Crippen molar-refractivity contribution in [3.63, 3.8) is 0 Å². The van der Waals surface area contributed by atoms with E-state index in [0.29, 0.717) is 0 Å². The fourth-order valence-electron chi connectivity index (χ4n) is 9.33. The van der Waals surface area contributed by atoms with Gasteiger partial charge in [0.15, 0.2) is 5.58 Å². The van der Waals surface area contributed by atoms with Crippen LogP contribution < -0.4 is 4.90 Å². The topological polar surface area (TPSA) is 21.3 Å². The van der Waals surface area contributed by atoms with Crippen LogP contribution in [0.5, 0.6) is 0 Å². The molecule has 3 nitrogen and oxygen atoms in total. The molecule has 55 heavy (non-hydrogen) atoms. The minimum Gasteiger partial charge on any atom is -0.454 e. The molecule has 0 saturated heterocycles. The first-order valence-corrected chi connectivity index (χ1v) is 19.0. The molecule has 1 aliphatic carbocycles. The van der Waals surface area contributed by atoms with Crippen molar-refractivity contribution < 1.29 is 4.42 Å². The van der Waals surface area contributed by atoms with Crippen LogP contribution in [-0.2, 0) is 0 Å². The van der Waals surface area contributed by atoms with Gasteiger partial charge in [-0.05, 0) is 142 Å². The molecular formula is C52H34N2O. The Bertz CT molecular complexity index is 3340. The van der Waals surface area contributed by atoms with Gasteiger partial charge in [0.05, 0.1) is 22.4 Å². The molecule has 0 N–H and O–H groups in total. The summed E-state index contributed by atoms with van der Waals surface area (Å²) in [6, 6.07) is 62.1. The van der Waals surface area contributed by atoms with Crippen LogP contribution in [-0.4, -0.2) is 4.57 Å². The number of hydrogen-bond donors (Lipinski definition) is 0. The van der Waals surface area contributed by atoms with Gasteiger partial charge in [0.25, 0.3) is 0 Å². The third-order valence-corrected chi connectivity index (χ3v) is 11.9. The van der Waals surface area contributed by atoms with Crippen LogP contribution in [0.2, 0.25) is 0 Å². The predicted molar refractivity (Wildman–Crippen MR) is 232 cm³/mol. The molecule has 258 valence electrons. The van der Waals surface area contributed by atoms with Gasteiger partial charge in [0.2, 0.25) is 0 Å². The van der Waals surface area contributed by atoms with E-state index in [-0.39, 0.29) is 0 Å². The number of anilines is 3. The summed E-state index contributed by atoms with van der Waals surface area (Å²) >= 11 is 0.